The van der Waals surface area contributed by atoms with Crippen molar-refractivity contribution in [3.63, 3.8) is 0 Å². The molecule has 0 fully saturated rings. The molecule has 1 aromatic heterocycles. The SMILES string of the molecule is Cc1cc(OCC(=O)NCc2ccccc2C)no1. The fourth-order valence-electron chi connectivity index (χ4n) is 1.60. The van der Waals surface area contributed by atoms with Gasteiger partial charge in [0.1, 0.15) is 5.76 Å². The van der Waals surface area contributed by atoms with Crippen LogP contribution in [-0.2, 0) is 11.3 Å². The van der Waals surface area contributed by atoms with E-state index in [2.05, 4.69) is 10.5 Å². The van der Waals surface area contributed by atoms with Crippen molar-refractivity contribution in [1.29, 1.82) is 0 Å². The van der Waals surface area contributed by atoms with Crippen LogP contribution in [0.4, 0.5) is 0 Å². The first-order valence-corrected chi connectivity index (χ1v) is 6.02. The Labute approximate surface area is 111 Å². The van der Waals surface area contributed by atoms with Crippen LogP contribution < -0.4 is 10.1 Å². The Morgan fingerprint density at radius 3 is 2.84 bits per heavy atom. The first-order valence-electron chi connectivity index (χ1n) is 6.02. The normalized spacial score (nSPS) is 10.2. The molecule has 0 aliphatic carbocycles. The van der Waals surface area contributed by atoms with Crippen LogP contribution in [0, 0.1) is 13.8 Å². The molecular weight excluding hydrogens is 244 g/mol. The Hall–Kier alpha value is -2.30. The van der Waals surface area contributed by atoms with E-state index in [-0.39, 0.29) is 12.5 Å². The molecule has 0 saturated heterocycles. The van der Waals surface area contributed by atoms with Gasteiger partial charge in [0.05, 0.1) is 0 Å². The van der Waals surface area contributed by atoms with Gasteiger partial charge in [0.15, 0.2) is 6.61 Å². The first-order chi connectivity index (χ1) is 9.15. The number of aromatic nitrogens is 1. The lowest BCUT2D eigenvalue weighted by Gasteiger charge is -2.07. The molecule has 2 rings (SSSR count). The monoisotopic (exact) mass is 260 g/mol. The lowest BCUT2D eigenvalue weighted by atomic mass is 10.1. The van der Waals surface area contributed by atoms with Gasteiger partial charge < -0.3 is 14.6 Å². The summed E-state index contributed by atoms with van der Waals surface area (Å²) in [4.78, 5) is 11.6. The molecular formula is C14H16N2O3. The number of rotatable bonds is 5. The third kappa shape index (κ3) is 3.84. The Morgan fingerprint density at radius 1 is 1.37 bits per heavy atom. The van der Waals surface area contributed by atoms with E-state index in [0.29, 0.717) is 18.2 Å². The molecule has 1 N–H and O–H groups in total. The lowest BCUT2D eigenvalue weighted by molar-refractivity contribution is -0.123. The molecule has 0 saturated carbocycles. The number of benzene rings is 1. The number of carbonyl (C=O) groups excluding carboxylic acids is 1. The van der Waals surface area contributed by atoms with E-state index >= 15 is 0 Å². The van der Waals surface area contributed by atoms with E-state index in [4.69, 9.17) is 9.26 Å². The van der Waals surface area contributed by atoms with E-state index < -0.39 is 0 Å². The zero-order valence-corrected chi connectivity index (χ0v) is 11.0. The summed E-state index contributed by atoms with van der Waals surface area (Å²) in [6, 6.07) is 9.54. The van der Waals surface area contributed by atoms with Crippen LogP contribution in [-0.4, -0.2) is 17.7 Å². The largest absolute Gasteiger partial charge is 0.465 e. The second kappa shape index (κ2) is 6.04. The number of nitrogens with one attached hydrogen (secondary N) is 1. The van der Waals surface area contributed by atoms with Gasteiger partial charge >= 0.3 is 0 Å². The molecule has 0 atom stereocenters. The minimum atomic E-state index is -0.191. The fraction of sp³-hybridized carbons (Fsp3) is 0.286. The molecule has 5 nitrogen and oxygen atoms in total. The summed E-state index contributed by atoms with van der Waals surface area (Å²) >= 11 is 0. The van der Waals surface area contributed by atoms with E-state index in [1.54, 1.807) is 13.0 Å². The molecule has 1 aromatic carbocycles. The van der Waals surface area contributed by atoms with Crippen LogP contribution >= 0.6 is 0 Å². The standard InChI is InChI=1S/C14H16N2O3/c1-10-5-3-4-6-12(10)8-15-13(17)9-18-14-7-11(2)19-16-14/h3-7H,8-9H2,1-2H3,(H,15,17). The van der Waals surface area contributed by atoms with Crippen LogP contribution in [0.5, 0.6) is 5.88 Å². The zero-order chi connectivity index (χ0) is 13.7. The quantitative estimate of drug-likeness (QED) is 0.892. The van der Waals surface area contributed by atoms with Crippen LogP contribution in [0.15, 0.2) is 34.9 Å². The fourth-order valence-corrected chi connectivity index (χ4v) is 1.60. The van der Waals surface area contributed by atoms with Crippen molar-refractivity contribution >= 4 is 5.91 Å². The Balaban J connectivity index is 1.77. The number of ether oxygens (including phenoxy) is 1. The van der Waals surface area contributed by atoms with Gasteiger partial charge in [-0.3, -0.25) is 4.79 Å². The summed E-state index contributed by atoms with van der Waals surface area (Å²) in [6.45, 7) is 4.19. The number of aryl methyl sites for hydroxylation is 2. The van der Waals surface area contributed by atoms with Crippen molar-refractivity contribution in [3.8, 4) is 5.88 Å². The van der Waals surface area contributed by atoms with Gasteiger partial charge in [0, 0.05) is 12.6 Å². The summed E-state index contributed by atoms with van der Waals surface area (Å²) in [7, 11) is 0. The molecule has 0 unspecified atom stereocenters. The van der Waals surface area contributed by atoms with Crippen molar-refractivity contribution in [2.24, 2.45) is 0 Å². The summed E-state index contributed by atoms with van der Waals surface area (Å²) in [6.07, 6.45) is 0. The molecule has 0 bridgehead atoms. The van der Waals surface area contributed by atoms with Crippen LogP contribution in [0.3, 0.4) is 0 Å². The van der Waals surface area contributed by atoms with Gasteiger partial charge in [0.2, 0.25) is 0 Å². The summed E-state index contributed by atoms with van der Waals surface area (Å²) in [5, 5.41) is 6.44. The van der Waals surface area contributed by atoms with Crippen molar-refractivity contribution in [2.45, 2.75) is 20.4 Å². The number of hydrogen-bond donors (Lipinski definition) is 1. The molecule has 1 amide bonds. The highest BCUT2D eigenvalue weighted by Gasteiger charge is 2.06. The smallest absolute Gasteiger partial charge is 0.258 e. The Kier molecular flexibility index (Phi) is 4.18. The summed E-state index contributed by atoms with van der Waals surface area (Å²) < 4.78 is 10.0. The predicted molar refractivity (Wildman–Crippen MR) is 69.8 cm³/mol. The van der Waals surface area contributed by atoms with E-state index in [0.717, 1.165) is 11.1 Å². The zero-order valence-electron chi connectivity index (χ0n) is 11.0. The third-order valence-corrected chi connectivity index (χ3v) is 2.69. The topological polar surface area (TPSA) is 64.4 Å². The molecule has 19 heavy (non-hydrogen) atoms. The molecule has 5 heteroatoms. The maximum atomic E-state index is 11.6. The van der Waals surface area contributed by atoms with Gasteiger partial charge in [0.25, 0.3) is 11.8 Å². The highest BCUT2D eigenvalue weighted by molar-refractivity contribution is 5.77. The van der Waals surface area contributed by atoms with Gasteiger partial charge in [-0.05, 0) is 30.1 Å². The van der Waals surface area contributed by atoms with Gasteiger partial charge in [-0.15, -0.1) is 0 Å². The summed E-state index contributed by atoms with van der Waals surface area (Å²) in [5.41, 5.74) is 2.24. The lowest BCUT2D eigenvalue weighted by Crippen LogP contribution is -2.28. The van der Waals surface area contributed by atoms with E-state index in [1.807, 2.05) is 31.2 Å². The van der Waals surface area contributed by atoms with E-state index in [1.165, 1.54) is 0 Å². The van der Waals surface area contributed by atoms with Crippen LogP contribution in [0.1, 0.15) is 16.9 Å². The van der Waals surface area contributed by atoms with Gasteiger partial charge in [-0.25, -0.2) is 0 Å². The molecule has 0 aliphatic rings. The molecule has 100 valence electrons. The van der Waals surface area contributed by atoms with Crippen LogP contribution in [0.25, 0.3) is 0 Å². The number of nitrogens with zero attached hydrogens (tertiary/aromatic N) is 1. The molecule has 1 heterocycles. The van der Waals surface area contributed by atoms with Gasteiger partial charge in [-0.2, -0.15) is 0 Å². The van der Waals surface area contributed by atoms with Crippen LogP contribution in [0.2, 0.25) is 0 Å². The van der Waals surface area contributed by atoms with Crippen molar-refractivity contribution in [1.82, 2.24) is 10.5 Å². The number of hydrogen-bond acceptors (Lipinski definition) is 4. The minimum Gasteiger partial charge on any atom is -0.465 e. The first kappa shape index (κ1) is 13.1. The average Bonchev–Trinajstić information content (AvgIpc) is 2.81. The molecule has 0 radical (unpaired) electrons. The number of carbonyl (C=O) groups is 1. The van der Waals surface area contributed by atoms with Gasteiger partial charge in [-0.1, -0.05) is 24.3 Å². The average molecular weight is 260 g/mol. The molecule has 0 spiro atoms. The maximum absolute atomic E-state index is 11.6. The Morgan fingerprint density at radius 2 is 2.16 bits per heavy atom. The third-order valence-electron chi connectivity index (χ3n) is 2.69. The highest BCUT2D eigenvalue weighted by Crippen LogP contribution is 2.09. The maximum Gasteiger partial charge on any atom is 0.258 e. The second-order valence-electron chi connectivity index (χ2n) is 4.27. The molecule has 2 aromatic rings. The second-order valence-corrected chi connectivity index (χ2v) is 4.27. The highest BCUT2D eigenvalue weighted by atomic mass is 16.5. The molecule has 0 aliphatic heterocycles. The Bertz CT molecular complexity index is 563. The predicted octanol–water partition coefficient (Wildman–Crippen LogP) is 1.99. The van der Waals surface area contributed by atoms with Crippen molar-refractivity contribution in [2.75, 3.05) is 6.61 Å². The van der Waals surface area contributed by atoms with E-state index in [9.17, 15) is 4.79 Å². The summed E-state index contributed by atoms with van der Waals surface area (Å²) in [5.74, 6) is 0.780. The minimum absolute atomic E-state index is 0.0716. The van der Waals surface area contributed by atoms with Crippen molar-refractivity contribution in [3.05, 3.63) is 47.2 Å². The number of amides is 1. The van der Waals surface area contributed by atoms with Crippen molar-refractivity contribution < 1.29 is 14.1 Å².